The Morgan fingerprint density at radius 3 is 2.61 bits per heavy atom. The van der Waals surface area contributed by atoms with Crippen LogP contribution in [0.5, 0.6) is 0 Å². The van der Waals surface area contributed by atoms with Crippen molar-refractivity contribution in [2.75, 3.05) is 5.32 Å². The summed E-state index contributed by atoms with van der Waals surface area (Å²) in [6.45, 7) is 0. The first kappa shape index (κ1) is 13.4. The summed E-state index contributed by atoms with van der Waals surface area (Å²) in [4.78, 5) is 11.7. The molecule has 3 N–H and O–H groups in total. The van der Waals surface area contributed by atoms with Crippen LogP contribution in [0, 0.1) is 11.6 Å². The average Bonchev–Trinajstić information content (AvgIpc) is 2.21. The molecule has 1 saturated carbocycles. The Morgan fingerprint density at radius 2 is 2.11 bits per heavy atom. The molecule has 1 aromatic rings. The van der Waals surface area contributed by atoms with Crippen molar-refractivity contribution in [3.8, 4) is 0 Å². The lowest BCUT2D eigenvalue weighted by Crippen LogP contribution is -2.49. The highest BCUT2D eigenvalue weighted by Crippen LogP contribution is 2.33. The number of hydrogen-bond acceptors (Lipinski definition) is 2. The van der Waals surface area contributed by atoms with Gasteiger partial charge in [0.2, 0.25) is 5.91 Å². The van der Waals surface area contributed by atoms with Crippen molar-refractivity contribution in [1.29, 1.82) is 0 Å². The van der Waals surface area contributed by atoms with E-state index in [0.717, 1.165) is 31.4 Å². The third-order valence-electron chi connectivity index (χ3n) is 3.13. The molecule has 2 rings (SSSR count). The maximum absolute atomic E-state index is 13.5. The number of rotatable bonds is 3. The van der Waals surface area contributed by atoms with Crippen molar-refractivity contribution in [2.45, 2.75) is 31.2 Å². The summed E-state index contributed by atoms with van der Waals surface area (Å²) in [7, 11) is 0. The zero-order valence-corrected chi connectivity index (χ0v) is 11.2. The summed E-state index contributed by atoms with van der Waals surface area (Å²) in [5.41, 5.74) is 5.41. The van der Waals surface area contributed by atoms with E-state index < -0.39 is 17.2 Å². The monoisotopic (exact) mass is 318 g/mol. The molecule has 0 spiro atoms. The number of benzene rings is 1. The van der Waals surface area contributed by atoms with Crippen LogP contribution >= 0.6 is 15.9 Å². The Kier molecular flexibility index (Phi) is 3.68. The molecule has 0 heterocycles. The van der Waals surface area contributed by atoms with E-state index in [1.165, 1.54) is 0 Å². The van der Waals surface area contributed by atoms with Gasteiger partial charge in [0.1, 0.15) is 5.82 Å². The Labute approximate surface area is 112 Å². The van der Waals surface area contributed by atoms with Crippen LogP contribution < -0.4 is 11.1 Å². The Balaban J connectivity index is 2.07. The normalized spacial score (nSPS) is 17.1. The minimum atomic E-state index is -0.810. The Bertz CT molecular complexity index is 466. The largest absolute Gasteiger partial charge is 0.325 e. The molecule has 1 aromatic carbocycles. The SMILES string of the molecule is NC1(CC(=O)Nc2c(F)cc(F)cc2Br)CCC1. The highest BCUT2D eigenvalue weighted by atomic mass is 79.9. The number of nitrogens with two attached hydrogens (primary N) is 1. The Hall–Kier alpha value is -1.01. The van der Waals surface area contributed by atoms with Crippen molar-refractivity contribution in [3.05, 3.63) is 28.2 Å². The smallest absolute Gasteiger partial charge is 0.226 e. The van der Waals surface area contributed by atoms with E-state index in [0.29, 0.717) is 0 Å². The molecule has 1 aliphatic carbocycles. The van der Waals surface area contributed by atoms with Crippen LogP contribution in [0.2, 0.25) is 0 Å². The second-order valence-electron chi connectivity index (χ2n) is 4.69. The van der Waals surface area contributed by atoms with Gasteiger partial charge in [-0.05, 0) is 41.3 Å². The minimum absolute atomic E-state index is 0.0516. The van der Waals surface area contributed by atoms with E-state index >= 15 is 0 Å². The second kappa shape index (κ2) is 4.93. The predicted molar refractivity (Wildman–Crippen MR) is 68.1 cm³/mol. The number of carbonyl (C=O) groups is 1. The number of anilines is 1. The van der Waals surface area contributed by atoms with Gasteiger partial charge in [-0.1, -0.05) is 0 Å². The van der Waals surface area contributed by atoms with E-state index in [-0.39, 0.29) is 22.5 Å². The minimum Gasteiger partial charge on any atom is -0.325 e. The van der Waals surface area contributed by atoms with E-state index in [9.17, 15) is 13.6 Å². The van der Waals surface area contributed by atoms with Crippen molar-refractivity contribution < 1.29 is 13.6 Å². The fourth-order valence-corrected chi connectivity index (χ4v) is 2.48. The number of nitrogens with one attached hydrogen (secondary N) is 1. The predicted octanol–water partition coefficient (Wildman–Crippen LogP) is 2.94. The molecule has 0 saturated heterocycles. The molecule has 0 aliphatic heterocycles. The van der Waals surface area contributed by atoms with E-state index in [2.05, 4.69) is 21.2 Å². The summed E-state index contributed by atoms with van der Waals surface area (Å²) in [6, 6.07) is 1.82. The molecular weight excluding hydrogens is 306 g/mol. The Morgan fingerprint density at radius 1 is 1.44 bits per heavy atom. The van der Waals surface area contributed by atoms with Crippen LogP contribution in [0.4, 0.5) is 14.5 Å². The fraction of sp³-hybridized carbons (Fsp3) is 0.417. The van der Waals surface area contributed by atoms with Gasteiger partial charge in [0.25, 0.3) is 0 Å². The zero-order chi connectivity index (χ0) is 13.3. The van der Waals surface area contributed by atoms with Gasteiger partial charge in [-0.3, -0.25) is 4.79 Å². The maximum atomic E-state index is 13.5. The maximum Gasteiger partial charge on any atom is 0.226 e. The van der Waals surface area contributed by atoms with E-state index in [1.807, 2.05) is 0 Å². The molecule has 98 valence electrons. The van der Waals surface area contributed by atoms with Gasteiger partial charge in [0, 0.05) is 22.5 Å². The highest BCUT2D eigenvalue weighted by molar-refractivity contribution is 9.10. The standard InChI is InChI=1S/C12H13BrF2N2O/c13-8-4-7(14)5-9(15)11(8)17-10(18)6-12(16)2-1-3-12/h4-5H,1-3,6,16H2,(H,17,18). The lowest BCUT2D eigenvalue weighted by Gasteiger charge is -2.37. The molecule has 1 aliphatic rings. The van der Waals surface area contributed by atoms with Gasteiger partial charge >= 0.3 is 0 Å². The van der Waals surface area contributed by atoms with Gasteiger partial charge in [-0.25, -0.2) is 8.78 Å². The third-order valence-corrected chi connectivity index (χ3v) is 3.76. The third kappa shape index (κ3) is 2.87. The fourth-order valence-electron chi connectivity index (χ4n) is 1.97. The lowest BCUT2D eigenvalue weighted by atomic mass is 9.75. The number of halogens is 3. The first-order valence-electron chi connectivity index (χ1n) is 5.63. The van der Waals surface area contributed by atoms with Crippen LogP contribution in [-0.2, 0) is 4.79 Å². The molecule has 6 heteroatoms. The van der Waals surface area contributed by atoms with Crippen LogP contribution in [0.25, 0.3) is 0 Å². The van der Waals surface area contributed by atoms with Crippen molar-refractivity contribution in [3.63, 3.8) is 0 Å². The zero-order valence-electron chi connectivity index (χ0n) is 9.60. The summed E-state index contributed by atoms with van der Waals surface area (Å²) in [5, 5.41) is 2.42. The molecule has 18 heavy (non-hydrogen) atoms. The van der Waals surface area contributed by atoms with Gasteiger partial charge < -0.3 is 11.1 Å². The highest BCUT2D eigenvalue weighted by Gasteiger charge is 2.34. The summed E-state index contributed by atoms with van der Waals surface area (Å²) >= 11 is 3.01. The van der Waals surface area contributed by atoms with E-state index in [4.69, 9.17) is 5.73 Å². The van der Waals surface area contributed by atoms with Crippen molar-refractivity contribution >= 4 is 27.5 Å². The number of carbonyl (C=O) groups excluding carboxylic acids is 1. The molecule has 1 amide bonds. The number of hydrogen-bond donors (Lipinski definition) is 2. The average molecular weight is 319 g/mol. The quantitative estimate of drug-likeness (QED) is 0.900. The van der Waals surface area contributed by atoms with E-state index in [1.54, 1.807) is 0 Å². The lowest BCUT2D eigenvalue weighted by molar-refractivity contribution is -0.118. The molecule has 0 unspecified atom stereocenters. The molecule has 1 fully saturated rings. The summed E-state index contributed by atoms with van der Waals surface area (Å²) < 4.78 is 26.5. The first-order chi connectivity index (χ1) is 8.39. The topological polar surface area (TPSA) is 55.1 Å². The van der Waals surface area contributed by atoms with Crippen molar-refractivity contribution in [1.82, 2.24) is 0 Å². The van der Waals surface area contributed by atoms with Gasteiger partial charge in [-0.2, -0.15) is 0 Å². The molecule has 0 aromatic heterocycles. The van der Waals surface area contributed by atoms with Crippen molar-refractivity contribution in [2.24, 2.45) is 5.73 Å². The van der Waals surface area contributed by atoms with Crippen LogP contribution in [0.1, 0.15) is 25.7 Å². The first-order valence-corrected chi connectivity index (χ1v) is 6.42. The molecular formula is C12H13BrF2N2O. The molecule has 0 radical (unpaired) electrons. The van der Waals surface area contributed by atoms with Crippen LogP contribution in [0.15, 0.2) is 16.6 Å². The summed E-state index contributed by atoms with van der Waals surface area (Å²) in [6.07, 6.45) is 2.76. The molecule has 0 bridgehead atoms. The molecule has 3 nitrogen and oxygen atoms in total. The number of amides is 1. The van der Waals surface area contributed by atoms with Gasteiger partial charge in [0.15, 0.2) is 5.82 Å². The summed E-state index contributed by atoms with van der Waals surface area (Å²) in [5.74, 6) is -1.87. The van der Waals surface area contributed by atoms with Crippen LogP contribution in [-0.4, -0.2) is 11.4 Å². The second-order valence-corrected chi connectivity index (χ2v) is 5.54. The molecule has 0 atom stereocenters. The van der Waals surface area contributed by atoms with Gasteiger partial charge in [-0.15, -0.1) is 0 Å². The van der Waals surface area contributed by atoms with Crippen LogP contribution in [0.3, 0.4) is 0 Å². The van der Waals surface area contributed by atoms with Gasteiger partial charge in [0.05, 0.1) is 5.69 Å².